The molecule has 20 heavy (non-hydrogen) atoms. The number of fused-ring (bicyclic) bond motifs is 1. The van der Waals surface area contributed by atoms with Gasteiger partial charge in [0.1, 0.15) is 5.15 Å². The molecule has 3 heteroatoms. The Morgan fingerprint density at radius 3 is 2.90 bits per heavy atom. The molecule has 0 radical (unpaired) electrons. The molecule has 0 saturated carbocycles. The molecule has 0 saturated heterocycles. The maximum atomic E-state index is 10.9. The number of carbonyl (C=O) groups is 1. The lowest BCUT2D eigenvalue weighted by Crippen LogP contribution is -2.01. The lowest BCUT2D eigenvalue weighted by atomic mass is 9.94. The number of pyridine rings is 1. The standard InChI is InChI=1S/C17H20ClNO/c1-3-4-6-12(2)9-13-7-5-8-14-10-15(11-20)17(18)19-16(13)14/h5,7-8,10-12H,3-4,6,9H2,1-2H3. The van der Waals surface area contributed by atoms with E-state index in [2.05, 4.69) is 24.9 Å². The Hall–Kier alpha value is -1.41. The van der Waals surface area contributed by atoms with Gasteiger partial charge >= 0.3 is 0 Å². The van der Waals surface area contributed by atoms with Crippen LogP contribution in [0.25, 0.3) is 10.9 Å². The number of aromatic nitrogens is 1. The minimum atomic E-state index is 0.293. The third-order valence-electron chi connectivity index (χ3n) is 3.66. The van der Waals surface area contributed by atoms with Crippen LogP contribution in [-0.4, -0.2) is 11.3 Å². The number of hydrogen-bond donors (Lipinski definition) is 0. The van der Waals surface area contributed by atoms with Crippen LogP contribution >= 0.6 is 11.6 Å². The Morgan fingerprint density at radius 2 is 2.20 bits per heavy atom. The molecule has 1 aromatic carbocycles. The second kappa shape index (κ2) is 6.85. The number of nitrogens with zero attached hydrogens (tertiary/aromatic N) is 1. The lowest BCUT2D eigenvalue weighted by Gasteiger charge is -2.13. The van der Waals surface area contributed by atoms with Crippen LogP contribution in [0.2, 0.25) is 5.15 Å². The van der Waals surface area contributed by atoms with Crippen molar-refractivity contribution in [3.63, 3.8) is 0 Å². The third-order valence-corrected chi connectivity index (χ3v) is 3.96. The summed E-state index contributed by atoms with van der Waals surface area (Å²) in [6, 6.07) is 7.92. The summed E-state index contributed by atoms with van der Waals surface area (Å²) < 4.78 is 0. The van der Waals surface area contributed by atoms with E-state index < -0.39 is 0 Å². The van der Waals surface area contributed by atoms with E-state index in [1.165, 1.54) is 24.8 Å². The summed E-state index contributed by atoms with van der Waals surface area (Å²) in [6.45, 7) is 4.49. The largest absolute Gasteiger partial charge is 0.298 e. The molecule has 1 unspecified atom stereocenters. The molecule has 1 heterocycles. The van der Waals surface area contributed by atoms with Crippen molar-refractivity contribution in [2.24, 2.45) is 5.92 Å². The predicted molar refractivity (Wildman–Crippen MR) is 84.5 cm³/mol. The van der Waals surface area contributed by atoms with Gasteiger partial charge in [-0.25, -0.2) is 4.98 Å². The van der Waals surface area contributed by atoms with Crippen LogP contribution in [0.4, 0.5) is 0 Å². The molecule has 0 aliphatic heterocycles. The Morgan fingerprint density at radius 1 is 1.40 bits per heavy atom. The maximum absolute atomic E-state index is 10.9. The molecule has 2 nitrogen and oxygen atoms in total. The van der Waals surface area contributed by atoms with E-state index in [-0.39, 0.29) is 0 Å². The number of rotatable bonds is 6. The first-order valence-electron chi connectivity index (χ1n) is 7.19. The fraction of sp³-hybridized carbons (Fsp3) is 0.412. The summed E-state index contributed by atoms with van der Waals surface area (Å²) in [5, 5.41) is 1.28. The van der Waals surface area contributed by atoms with Crippen molar-refractivity contribution in [3.05, 3.63) is 40.5 Å². The van der Waals surface area contributed by atoms with Gasteiger partial charge in [0.05, 0.1) is 11.1 Å². The van der Waals surface area contributed by atoms with Crippen molar-refractivity contribution in [1.29, 1.82) is 0 Å². The van der Waals surface area contributed by atoms with Gasteiger partial charge in [-0.3, -0.25) is 4.79 Å². The van der Waals surface area contributed by atoms with Crippen LogP contribution in [0.1, 0.15) is 49.0 Å². The van der Waals surface area contributed by atoms with Crippen LogP contribution in [-0.2, 0) is 6.42 Å². The molecule has 0 bridgehead atoms. The van der Waals surface area contributed by atoms with Crippen molar-refractivity contribution in [2.45, 2.75) is 39.5 Å². The SMILES string of the molecule is CCCCC(C)Cc1cccc2cc(C=O)c(Cl)nc12. The third kappa shape index (κ3) is 3.37. The molecule has 0 spiro atoms. The number of unbranched alkanes of at least 4 members (excludes halogenated alkanes) is 1. The Bertz CT molecular complexity index is 609. The van der Waals surface area contributed by atoms with E-state index in [1.54, 1.807) is 0 Å². The van der Waals surface area contributed by atoms with Gasteiger partial charge < -0.3 is 0 Å². The summed E-state index contributed by atoms with van der Waals surface area (Å²) in [4.78, 5) is 15.3. The lowest BCUT2D eigenvalue weighted by molar-refractivity contribution is 0.112. The average molecular weight is 290 g/mol. The van der Waals surface area contributed by atoms with E-state index in [9.17, 15) is 4.79 Å². The van der Waals surface area contributed by atoms with Crippen LogP contribution in [0, 0.1) is 5.92 Å². The van der Waals surface area contributed by atoms with E-state index in [4.69, 9.17) is 11.6 Å². The van der Waals surface area contributed by atoms with Gasteiger partial charge in [-0.15, -0.1) is 0 Å². The first kappa shape index (κ1) is 15.0. The summed E-state index contributed by atoms with van der Waals surface area (Å²) in [7, 11) is 0. The summed E-state index contributed by atoms with van der Waals surface area (Å²) in [5.74, 6) is 0.631. The second-order valence-electron chi connectivity index (χ2n) is 5.43. The summed E-state index contributed by atoms with van der Waals surface area (Å²) in [5.41, 5.74) is 2.59. The van der Waals surface area contributed by atoms with Gasteiger partial charge in [-0.2, -0.15) is 0 Å². The molecule has 0 fully saturated rings. The quantitative estimate of drug-likeness (QED) is 0.549. The predicted octanol–water partition coefficient (Wildman–Crippen LogP) is 5.07. The molecule has 2 rings (SSSR count). The Labute approximate surface area is 125 Å². The van der Waals surface area contributed by atoms with Gasteiger partial charge in [-0.1, -0.05) is 62.9 Å². The average Bonchev–Trinajstić information content (AvgIpc) is 2.45. The second-order valence-corrected chi connectivity index (χ2v) is 5.78. The molecule has 0 aliphatic carbocycles. The highest BCUT2D eigenvalue weighted by Crippen LogP contribution is 2.25. The zero-order valence-electron chi connectivity index (χ0n) is 12.0. The van der Waals surface area contributed by atoms with Gasteiger partial charge in [0.2, 0.25) is 0 Å². The van der Waals surface area contributed by atoms with E-state index in [1.807, 2.05) is 18.2 Å². The number of aldehydes is 1. The molecule has 2 aromatic rings. The highest BCUT2D eigenvalue weighted by atomic mass is 35.5. The molecule has 0 aliphatic rings. The molecule has 1 atom stereocenters. The number of halogens is 1. The number of para-hydroxylation sites is 1. The molecular weight excluding hydrogens is 270 g/mol. The van der Waals surface area contributed by atoms with E-state index >= 15 is 0 Å². The zero-order chi connectivity index (χ0) is 14.5. The summed E-state index contributed by atoms with van der Waals surface area (Å²) in [6.07, 6.45) is 5.47. The van der Waals surface area contributed by atoms with Crippen molar-refractivity contribution in [1.82, 2.24) is 4.98 Å². The van der Waals surface area contributed by atoms with Crippen LogP contribution in [0.5, 0.6) is 0 Å². The van der Waals surface area contributed by atoms with Crippen molar-refractivity contribution < 1.29 is 4.79 Å². The van der Waals surface area contributed by atoms with Gasteiger partial charge in [0.15, 0.2) is 6.29 Å². The topological polar surface area (TPSA) is 30.0 Å². The van der Waals surface area contributed by atoms with Gasteiger partial charge in [-0.05, 0) is 24.0 Å². The number of carbonyl (C=O) groups excluding carboxylic acids is 1. The van der Waals surface area contributed by atoms with Crippen LogP contribution in [0.3, 0.4) is 0 Å². The maximum Gasteiger partial charge on any atom is 0.153 e. The molecule has 106 valence electrons. The minimum absolute atomic E-state index is 0.293. The molecular formula is C17H20ClNO. The molecule has 1 aromatic heterocycles. The minimum Gasteiger partial charge on any atom is -0.298 e. The fourth-order valence-electron chi connectivity index (χ4n) is 2.53. The number of benzene rings is 1. The monoisotopic (exact) mass is 289 g/mol. The summed E-state index contributed by atoms with van der Waals surface area (Å²) >= 11 is 6.05. The fourth-order valence-corrected chi connectivity index (χ4v) is 2.71. The van der Waals surface area contributed by atoms with Crippen molar-refractivity contribution >= 4 is 28.8 Å². The number of hydrogen-bond acceptors (Lipinski definition) is 2. The van der Waals surface area contributed by atoms with Crippen LogP contribution in [0.15, 0.2) is 24.3 Å². The highest BCUT2D eigenvalue weighted by Gasteiger charge is 2.10. The van der Waals surface area contributed by atoms with Gasteiger partial charge in [0, 0.05) is 5.39 Å². The van der Waals surface area contributed by atoms with E-state index in [0.29, 0.717) is 16.6 Å². The molecule has 0 amide bonds. The smallest absolute Gasteiger partial charge is 0.153 e. The highest BCUT2D eigenvalue weighted by molar-refractivity contribution is 6.32. The van der Waals surface area contributed by atoms with Crippen molar-refractivity contribution in [3.8, 4) is 0 Å². The van der Waals surface area contributed by atoms with E-state index in [0.717, 1.165) is 23.6 Å². The normalized spacial score (nSPS) is 12.6. The van der Waals surface area contributed by atoms with Crippen LogP contribution < -0.4 is 0 Å². The molecule has 0 N–H and O–H groups in total. The Balaban J connectivity index is 2.34. The zero-order valence-corrected chi connectivity index (χ0v) is 12.8. The van der Waals surface area contributed by atoms with Crippen molar-refractivity contribution in [2.75, 3.05) is 0 Å². The Kier molecular flexibility index (Phi) is 5.13. The van der Waals surface area contributed by atoms with Gasteiger partial charge in [0.25, 0.3) is 0 Å². The first-order chi connectivity index (χ1) is 9.65. The first-order valence-corrected chi connectivity index (χ1v) is 7.56.